The van der Waals surface area contributed by atoms with E-state index in [0.29, 0.717) is 34.7 Å². The number of hydrogen-bond donors (Lipinski definition) is 0. The number of aryl methyl sites for hydroxylation is 1. The number of hydrogen-bond acceptors (Lipinski definition) is 5. The molecule has 0 amide bonds. The topological polar surface area (TPSA) is 62.1 Å². The molecule has 0 atom stereocenters. The lowest BCUT2D eigenvalue weighted by atomic mass is 9.82. The van der Waals surface area contributed by atoms with Crippen LogP contribution in [0.1, 0.15) is 36.2 Å². The summed E-state index contributed by atoms with van der Waals surface area (Å²) in [5.41, 5.74) is 13.7. The van der Waals surface area contributed by atoms with Gasteiger partial charge in [0.05, 0.1) is 5.52 Å². The van der Waals surface area contributed by atoms with Crippen LogP contribution in [0.5, 0.6) is 23.0 Å². The van der Waals surface area contributed by atoms with Gasteiger partial charge in [0, 0.05) is 50.0 Å². The number of rotatable bonds is 6. The zero-order chi connectivity index (χ0) is 39.8. The minimum absolute atomic E-state index is 0.140. The average molecular weight is 763 g/mol. The highest BCUT2D eigenvalue weighted by Crippen LogP contribution is 2.59. The predicted molar refractivity (Wildman–Crippen MR) is 237 cm³/mol. The van der Waals surface area contributed by atoms with Crippen molar-refractivity contribution in [3.8, 4) is 85.1 Å². The Labute approximate surface area is 342 Å². The summed E-state index contributed by atoms with van der Waals surface area (Å²) in [6, 6.07) is 54.1. The van der Waals surface area contributed by atoms with Crippen LogP contribution in [0.25, 0.3) is 79.1 Å². The van der Waals surface area contributed by atoms with E-state index in [1.165, 1.54) is 27.6 Å². The third kappa shape index (κ3) is 5.44. The fraction of sp³-hybridized carbons (Fsp3) is 0.0755. The molecular weight excluding hydrogens is 725 g/mol. The quantitative estimate of drug-likeness (QED) is 0.169. The maximum absolute atomic E-state index is 6.78. The summed E-state index contributed by atoms with van der Waals surface area (Å²) in [7, 11) is 0. The first-order chi connectivity index (χ1) is 28.9. The molecule has 2 aliphatic rings. The fourth-order valence-electron chi connectivity index (χ4n) is 8.95. The number of para-hydroxylation sites is 2. The van der Waals surface area contributed by atoms with Gasteiger partial charge in [-0.1, -0.05) is 130 Å². The van der Waals surface area contributed by atoms with Crippen molar-refractivity contribution < 1.29 is 9.47 Å². The second-order valence-electron chi connectivity index (χ2n) is 15.7. The summed E-state index contributed by atoms with van der Waals surface area (Å²) in [5, 5.41) is 1.21. The van der Waals surface area contributed by atoms with Crippen molar-refractivity contribution in [2.24, 2.45) is 0 Å². The second kappa shape index (κ2) is 13.3. The Morgan fingerprint density at radius 3 is 1.95 bits per heavy atom. The molecule has 0 bridgehead atoms. The van der Waals surface area contributed by atoms with Gasteiger partial charge in [-0.3, -0.25) is 0 Å². The Morgan fingerprint density at radius 2 is 1.15 bits per heavy atom. The van der Waals surface area contributed by atoms with E-state index in [1.54, 1.807) is 0 Å². The second-order valence-corrected chi connectivity index (χ2v) is 15.7. The molecule has 1 aliphatic heterocycles. The third-order valence-electron chi connectivity index (χ3n) is 11.9. The maximum atomic E-state index is 6.78. The first-order valence-corrected chi connectivity index (χ1v) is 19.9. The Morgan fingerprint density at radius 1 is 0.542 bits per heavy atom. The molecule has 0 saturated heterocycles. The van der Waals surface area contributed by atoms with Crippen molar-refractivity contribution in [3.05, 3.63) is 187 Å². The van der Waals surface area contributed by atoms with Gasteiger partial charge in [0.25, 0.3) is 0 Å². The zero-order valence-electron chi connectivity index (χ0n) is 32.9. The van der Waals surface area contributed by atoms with Gasteiger partial charge >= 0.3 is 0 Å². The van der Waals surface area contributed by atoms with Crippen LogP contribution >= 0.6 is 0 Å². The molecule has 59 heavy (non-hydrogen) atoms. The van der Waals surface area contributed by atoms with Gasteiger partial charge in [-0.15, -0.1) is 0 Å². The molecule has 3 heterocycles. The van der Waals surface area contributed by atoms with Crippen LogP contribution in [-0.2, 0) is 5.41 Å². The molecule has 0 N–H and O–H groups in total. The monoisotopic (exact) mass is 762 g/mol. The SMILES string of the molecule is C=Cc1c(C)c2ccccc2n1-c1ccc(-c2nc(-c3ccccc3)nc(-c3cccc(-c4cccc5c4Oc4ccc6c(c4O5)-c4ccccc4C6(C)C)c3)n2)cc1. The predicted octanol–water partition coefficient (Wildman–Crippen LogP) is 13.6. The Balaban J connectivity index is 0.980. The van der Waals surface area contributed by atoms with Crippen molar-refractivity contribution in [3.63, 3.8) is 0 Å². The summed E-state index contributed by atoms with van der Waals surface area (Å²) in [5.74, 6) is 4.58. The molecule has 6 nitrogen and oxygen atoms in total. The molecule has 11 rings (SSSR count). The van der Waals surface area contributed by atoms with Gasteiger partial charge in [-0.05, 0) is 89.3 Å². The summed E-state index contributed by atoms with van der Waals surface area (Å²) in [6.45, 7) is 10.8. The Bertz CT molecular complexity index is 3160. The lowest BCUT2D eigenvalue weighted by molar-refractivity contribution is 0.361. The van der Waals surface area contributed by atoms with E-state index < -0.39 is 0 Å². The minimum atomic E-state index is -0.140. The van der Waals surface area contributed by atoms with Gasteiger partial charge in [-0.2, -0.15) is 0 Å². The van der Waals surface area contributed by atoms with Crippen molar-refractivity contribution in [1.82, 2.24) is 19.5 Å². The van der Waals surface area contributed by atoms with Crippen LogP contribution in [0.15, 0.2) is 164 Å². The number of nitrogens with zero attached hydrogens (tertiary/aromatic N) is 4. The molecule has 0 saturated carbocycles. The molecule has 2 aromatic heterocycles. The van der Waals surface area contributed by atoms with Gasteiger partial charge in [0.15, 0.2) is 40.5 Å². The van der Waals surface area contributed by atoms with E-state index in [4.69, 9.17) is 24.4 Å². The average Bonchev–Trinajstić information content (AvgIpc) is 3.71. The van der Waals surface area contributed by atoms with Gasteiger partial charge in [0.1, 0.15) is 0 Å². The standard InChI is InChI=1S/C53H38N4O2/c1-5-43-32(2)38-19-10-12-23-44(38)57(43)37-27-25-34(26-28-37)51-54-50(33-15-7-6-8-16-33)55-52(56-51)36-18-13-17-35(31-36)39-21-14-24-45-48(39)58-46-30-29-42-47(49(46)59-45)40-20-9-11-22-41(40)53(42,3)4/h5-31H,1H2,2-4H3. The molecule has 6 heteroatoms. The highest BCUT2D eigenvalue weighted by Gasteiger charge is 2.39. The lowest BCUT2D eigenvalue weighted by Crippen LogP contribution is -2.15. The molecule has 282 valence electrons. The summed E-state index contributed by atoms with van der Waals surface area (Å²) in [4.78, 5) is 15.2. The molecule has 1 aliphatic carbocycles. The van der Waals surface area contributed by atoms with Crippen molar-refractivity contribution in [2.75, 3.05) is 0 Å². The van der Waals surface area contributed by atoms with Crippen molar-refractivity contribution >= 4 is 17.0 Å². The summed E-state index contributed by atoms with van der Waals surface area (Å²) >= 11 is 0. The van der Waals surface area contributed by atoms with Gasteiger partial charge in [-0.25, -0.2) is 15.0 Å². The van der Waals surface area contributed by atoms with E-state index in [2.05, 4.69) is 129 Å². The number of aromatic nitrogens is 4. The highest BCUT2D eigenvalue weighted by atomic mass is 16.6. The lowest BCUT2D eigenvalue weighted by Gasteiger charge is -2.26. The van der Waals surface area contributed by atoms with Crippen molar-refractivity contribution in [1.29, 1.82) is 0 Å². The molecular formula is C53H38N4O2. The number of ether oxygens (including phenoxy) is 2. The van der Waals surface area contributed by atoms with Crippen LogP contribution in [0.2, 0.25) is 0 Å². The molecule has 0 radical (unpaired) electrons. The maximum Gasteiger partial charge on any atom is 0.178 e. The Hall–Kier alpha value is -7.57. The van der Waals surface area contributed by atoms with Crippen LogP contribution < -0.4 is 9.47 Å². The smallest absolute Gasteiger partial charge is 0.178 e. The van der Waals surface area contributed by atoms with E-state index in [9.17, 15) is 0 Å². The largest absolute Gasteiger partial charge is 0.449 e. The number of fused-ring (bicyclic) bond motifs is 7. The van der Waals surface area contributed by atoms with Crippen LogP contribution in [0.3, 0.4) is 0 Å². The van der Waals surface area contributed by atoms with E-state index in [0.717, 1.165) is 56.0 Å². The van der Waals surface area contributed by atoms with Crippen LogP contribution in [0, 0.1) is 6.92 Å². The van der Waals surface area contributed by atoms with Gasteiger partial charge in [0.2, 0.25) is 0 Å². The van der Waals surface area contributed by atoms with E-state index in [-0.39, 0.29) is 5.41 Å². The molecule has 7 aromatic carbocycles. The molecule has 9 aromatic rings. The van der Waals surface area contributed by atoms with E-state index >= 15 is 0 Å². The zero-order valence-corrected chi connectivity index (χ0v) is 32.9. The Kier molecular flexibility index (Phi) is 7.78. The van der Waals surface area contributed by atoms with Crippen LogP contribution in [-0.4, -0.2) is 19.5 Å². The highest BCUT2D eigenvalue weighted by molar-refractivity contribution is 5.91. The number of benzene rings is 7. The van der Waals surface area contributed by atoms with Gasteiger partial charge < -0.3 is 14.0 Å². The molecule has 0 spiro atoms. The van der Waals surface area contributed by atoms with Crippen LogP contribution in [0.4, 0.5) is 0 Å². The van der Waals surface area contributed by atoms with Crippen molar-refractivity contribution in [2.45, 2.75) is 26.2 Å². The normalized spacial score (nSPS) is 13.1. The molecule has 0 fully saturated rings. The summed E-state index contributed by atoms with van der Waals surface area (Å²) in [6.07, 6.45) is 1.93. The summed E-state index contributed by atoms with van der Waals surface area (Å²) < 4.78 is 15.8. The molecule has 0 unspecified atom stereocenters. The fourth-order valence-corrected chi connectivity index (χ4v) is 8.95. The first-order valence-electron chi connectivity index (χ1n) is 19.9. The van der Waals surface area contributed by atoms with E-state index in [1.807, 2.05) is 66.7 Å². The third-order valence-corrected chi connectivity index (χ3v) is 11.9. The first kappa shape index (κ1) is 34.7. The minimum Gasteiger partial charge on any atom is -0.449 e.